The summed E-state index contributed by atoms with van der Waals surface area (Å²) < 4.78 is 12.8. The zero-order valence-electron chi connectivity index (χ0n) is 18.5. The van der Waals surface area contributed by atoms with Gasteiger partial charge in [0.1, 0.15) is 0 Å². The fourth-order valence-corrected chi connectivity index (χ4v) is 4.05. The number of benzene rings is 3. The molecule has 1 aromatic heterocycles. The van der Waals surface area contributed by atoms with Gasteiger partial charge in [0.15, 0.2) is 11.5 Å². The molecular formula is C27H24ClN3O3. The summed E-state index contributed by atoms with van der Waals surface area (Å²) in [5.41, 5.74) is 4.85. The van der Waals surface area contributed by atoms with Gasteiger partial charge >= 0.3 is 0 Å². The number of nitrogens with one attached hydrogen (secondary N) is 1. The minimum Gasteiger partial charge on any atom is -0.454 e. The average molecular weight is 474 g/mol. The van der Waals surface area contributed by atoms with Crippen molar-refractivity contribution < 1.29 is 14.3 Å². The van der Waals surface area contributed by atoms with Gasteiger partial charge in [-0.15, -0.1) is 0 Å². The number of carbonyl (C=O) groups is 1. The van der Waals surface area contributed by atoms with Crippen LogP contribution in [-0.2, 0) is 17.6 Å². The normalized spacial score (nSPS) is 12.0. The van der Waals surface area contributed by atoms with E-state index in [4.69, 9.17) is 26.2 Å². The molecule has 5 rings (SSSR count). The van der Waals surface area contributed by atoms with E-state index < -0.39 is 0 Å². The third-order valence-electron chi connectivity index (χ3n) is 5.73. The van der Waals surface area contributed by atoms with Crippen molar-refractivity contribution in [2.24, 2.45) is 0 Å². The van der Waals surface area contributed by atoms with E-state index in [0.717, 1.165) is 40.2 Å². The van der Waals surface area contributed by atoms with Crippen LogP contribution in [0.5, 0.6) is 11.5 Å². The third-order valence-corrected chi connectivity index (χ3v) is 5.98. The number of aryl methyl sites for hydroxylation is 1. The van der Waals surface area contributed by atoms with E-state index in [2.05, 4.69) is 5.32 Å². The van der Waals surface area contributed by atoms with Crippen LogP contribution in [0.3, 0.4) is 0 Å². The maximum Gasteiger partial charge on any atom is 0.231 e. The number of fused-ring (bicyclic) bond motifs is 1. The standard InChI is InChI=1S/C27H24ClN3O3/c28-22-10-6-19(7-11-22)14-15-29-26(32)13-9-21-17-31(23-4-2-1-3-5-23)30-27(21)20-8-12-24-25(16-20)34-18-33-24/h1-8,10-12,16-17H,9,13-15,18H2,(H,29,32). The summed E-state index contributed by atoms with van der Waals surface area (Å²) in [6.45, 7) is 0.805. The summed E-state index contributed by atoms with van der Waals surface area (Å²) in [5.74, 6) is 1.45. The van der Waals surface area contributed by atoms with E-state index in [9.17, 15) is 4.79 Å². The molecule has 34 heavy (non-hydrogen) atoms. The van der Waals surface area contributed by atoms with E-state index in [1.54, 1.807) is 0 Å². The Morgan fingerprint density at radius 2 is 1.76 bits per heavy atom. The fourth-order valence-electron chi connectivity index (χ4n) is 3.93. The molecule has 0 spiro atoms. The third kappa shape index (κ3) is 5.07. The molecule has 0 aliphatic carbocycles. The number of rotatable bonds is 8. The van der Waals surface area contributed by atoms with Crippen molar-refractivity contribution in [1.82, 2.24) is 15.1 Å². The first-order valence-electron chi connectivity index (χ1n) is 11.2. The Morgan fingerprint density at radius 1 is 0.971 bits per heavy atom. The van der Waals surface area contributed by atoms with Gasteiger partial charge in [-0.1, -0.05) is 41.9 Å². The van der Waals surface area contributed by atoms with Crippen molar-refractivity contribution in [2.75, 3.05) is 13.3 Å². The number of nitrogens with zero attached hydrogens (tertiary/aromatic N) is 2. The maximum atomic E-state index is 12.5. The van der Waals surface area contributed by atoms with Crippen molar-refractivity contribution >= 4 is 17.5 Å². The Balaban J connectivity index is 1.29. The van der Waals surface area contributed by atoms with Crippen LogP contribution in [0.4, 0.5) is 0 Å². The van der Waals surface area contributed by atoms with Crippen LogP contribution in [0.2, 0.25) is 5.02 Å². The molecule has 0 bridgehead atoms. The number of halogens is 1. The molecule has 0 radical (unpaired) electrons. The van der Waals surface area contributed by atoms with Crippen LogP contribution in [0.1, 0.15) is 17.5 Å². The van der Waals surface area contributed by atoms with Gasteiger partial charge in [0, 0.05) is 29.7 Å². The molecule has 0 atom stereocenters. The number of amides is 1. The number of carbonyl (C=O) groups excluding carboxylic acids is 1. The maximum absolute atomic E-state index is 12.5. The fraction of sp³-hybridized carbons (Fsp3) is 0.185. The van der Waals surface area contributed by atoms with Crippen molar-refractivity contribution in [1.29, 1.82) is 0 Å². The number of ether oxygens (including phenoxy) is 2. The highest BCUT2D eigenvalue weighted by Crippen LogP contribution is 2.36. The number of aromatic nitrogens is 2. The molecule has 1 amide bonds. The second-order valence-electron chi connectivity index (χ2n) is 8.08. The van der Waals surface area contributed by atoms with Gasteiger partial charge in [-0.05, 0) is 66.4 Å². The Kier molecular flexibility index (Phi) is 6.49. The first kappa shape index (κ1) is 22.0. The molecule has 172 valence electrons. The highest BCUT2D eigenvalue weighted by Gasteiger charge is 2.18. The molecule has 1 aliphatic rings. The van der Waals surface area contributed by atoms with Gasteiger partial charge in [-0.25, -0.2) is 4.68 Å². The zero-order valence-corrected chi connectivity index (χ0v) is 19.3. The molecule has 4 aromatic rings. The summed E-state index contributed by atoms with van der Waals surface area (Å²) in [6, 6.07) is 23.4. The largest absolute Gasteiger partial charge is 0.454 e. The Hall–Kier alpha value is -3.77. The lowest BCUT2D eigenvalue weighted by atomic mass is 10.0. The van der Waals surface area contributed by atoms with Crippen LogP contribution < -0.4 is 14.8 Å². The van der Waals surface area contributed by atoms with Crippen LogP contribution in [-0.4, -0.2) is 29.0 Å². The SMILES string of the molecule is O=C(CCc1cn(-c2ccccc2)nc1-c1ccc2c(c1)OCO2)NCCc1ccc(Cl)cc1. The van der Waals surface area contributed by atoms with Crippen LogP contribution in [0.15, 0.2) is 79.0 Å². The number of hydrogen-bond acceptors (Lipinski definition) is 4. The molecule has 2 heterocycles. The topological polar surface area (TPSA) is 65.4 Å². The van der Waals surface area contributed by atoms with E-state index in [1.807, 2.05) is 83.7 Å². The molecular weight excluding hydrogens is 450 g/mol. The van der Waals surface area contributed by atoms with Gasteiger partial charge < -0.3 is 14.8 Å². The monoisotopic (exact) mass is 473 g/mol. The van der Waals surface area contributed by atoms with E-state index >= 15 is 0 Å². The molecule has 0 unspecified atom stereocenters. The minimum absolute atomic E-state index is 0.0121. The summed E-state index contributed by atoms with van der Waals surface area (Å²) in [6.07, 6.45) is 3.70. The van der Waals surface area contributed by atoms with Crippen molar-refractivity contribution in [2.45, 2.75) is 19.3 Å². The lowest BCUT2D eigenvalue weighted by Crippen LogP contribution is -2.25. The molecule has 1 N–H and O–H groups in total. The smallest absolute Gasteiger partial charge is 0.231 e. The summed E-state index contributed by atoms with van der Waals surface area (Å²) in [5, 5.41) is 8.56. The average Bonchev–Trinajstić information content (AvgIpc) is 3.51. The molecule has 3 aromatic carbocycles. The van der Waals surface area contributed by atoms with Gasteiger partial charge in [-0.3, -0.25) is 4.79 Å². The second-order valence-corrected chi connectivity index (χ2v) is 8.51. The summed E-state index contributed by atoms with van der Waals surface area (Å²) in [7, 11) is 0. The van der Waals surface area contributed by atoms with E-state index in [-0.39, 0.29) is 12.7 Å². The van der Waals surface area contributed by atoms with Gasteiger partial charge in [0.2, 0.25) is 12.7 Å². The molecule has 1 aliphatic heterocycles. The van der Waals surface area contributed by atoms with Crippen LogP contribution in [0, 0.1) is 0 Å². The zero-order chi connectivity index (χ0) is 23.3. The number of para-hydroxylation sites is 1. The first-order chi connectivity index (χ1) is 16.7. The van der Waals surface area contributed by atoms with Gasteiger partial charge in [-0.2, -0.15) is 5.10 Å². The Labute approximate surface area is 203 Å². The van der Waals surface area contributed by atoms with Gasteiger partial charge in [0.05, 0.1) is 11.4 Å². The van der Waals surface area contributed by atoms with E-state index in [1.165, 1.54) is 0 Å². The van der Waals surface area contributed by atoms with Gasteiger partial charge in [0.25, 0.3) is 0 Å². The highest BCUT2D eigenvalue weighted by molar-refractivity contribution is 6.30. The molecule has 0 saturated heterocycles. The van der Waals surface area contributed by atoms with E-state index in [0.29, 0.717) is 30.2 Å². The minimum atomic E-state index is 0.0121. The Bertz CT molecular complexity index is 1290. The van der Waals surface area contributed by atoms with Crippen molar-refractivity contribution in [3.05, 3.63) is 95.1 Å². The first-order valence-corrected chi connectivity index (χ1v) is 11.6. The molecule has 7 heteroatoms. The summed E-state index contributed by atoms with van der Waals surface area (Å²) >= 11 is 5.93. The molecule has 0 saturated carbocycles. The van der Waals surface area contributed by atoms with Crippen molar-refractivity contribution in [3.63, 3.8) is 0 Å². The van der Waals surface area contributed by atoms with Crippen molar-refractivity contribution in [3.8, 4) is 28.4 Å². The molecule has 6 nitrogen and oxygen atoms in total. The quantitative estimate of drug-likeness (QED) is 0.381. The van der Waals surface area contributed by atoms with Crippen LogP contribution in [0.25, 0.3) is 16.9 Å². The molecule has 0 fully saturated rings. The second kappa shape index (κ2) is 10.0. The lowest BCUT2D eigenvalue weighted by molar-refractivity contribution is -0.121. The lowest BCUT2D eigenvalue weighted by Gasteiger charge is -2.06. The van der Waals surface area contributed by atoms with Crippen LogP contribution >= 0.6 is 11.6 Å². The number of hydrogen-bond donors (Lipinski definition) is 1. The Morgan fingerprint density at radius 3 is 2.59 bits per heavy atom. The summed E-state index contributed by atoms with van der Waals surface area (Å²) in [4.78, 5) is 12.5. The predicted octanol–water partition coefficient (Wildman–Crippen LogP) is 5.21. The highest BCUT2D eigenvalue weighted by atomic mass is 35.5. The predicted molar refractivity (Wildman–Crippen MR) is 132 cm³/mol.